The van der Waals surface area contributed by atoms with Crippen LogP contribution in [0.2, 0.25) is 0 Å². The van der Waals surface area contributed by atoms with E-state index >= 15 is 0 Å². The van der Waals surface area contributed by atoms with Crippen molar-refractivity contribution in [2.24, 2.45) is 0 Å². The molecule has 0 atom stereocenters. The lowest BCUT2D eigenvalue weighted by Gasteiger charge is -2.04. The molecule has 3 heteroatoms. The van der Waals surface area contributed by atoms with E-state index in [1.54, 1.807) is 6.92 Å². The van der Waals surface area contributed by atoms with Crippen molar-refractivity contribution in [3.05, 3.63) is 29.8 Å². The van der Waals surface area contributed by atoms with Crippen molar-refractivity contribution in [2.45, 2.75) is 19.8 Å². The number of anilines is 1. The van der Waals surface area contributed by atoms with Crippen molar-refractivity contribution >= 4 is 11.6 Å². The van der Waals surface area contributed by atoms with Gasteiger partial charge < -0.3 is 5.32 Å². The van der Waals surface area contributed by atoms with E-state index in [2.05, 4.69) is 11.4 Å². The highest BCUT2D eigenvalue weighted by atomic mass is 16.1. The zero-order valence-corrected chi connectivity index (χ0v) is 8.08. The molecule has 3 nitrogen and oxygen atoms in total. The molecular formula is C11H12N2O. The van der Waals surface area contributed by atoms with Gasteiger partial charge in [-0.2, -0.15) is 5.26 Å². The number of benzene rings is 1. The molecule has 1 N–H and O–H groups in total. The Labute approximate surface area is 83.4 Å². The Balaban J connectivity index is 2.74. The van der Waals surface area contributed by atoms with E-state index in [4.69, 9.17) is 5.26 Å². The molecule has 72 valence electrons. The highest BCUT2D eigenvalue weighted by Crippen LogP contribution is 2.11. The fourth-order valence-electron chi connectivity index (χ4n) is 1.10. The van der Waals surface area contributed by atoms with Gasteiger partial charge in [0, 0.05) is 12.1 Å². The van der Waals surface area contributed by atoms with Gasteiger partial charge in [-0.15, -0.1) is 0 Å². The smallest absolute Gasteiger partial charge is 0.224 e. The molecule has 1 amide bonds. The molecule has 0 aromatic heterocycles. The van der Waals surface area contributed by atoms with Gasteiger partial charge in [-0.25, -0.2) is 0 Å². The number of hydrogen-bond donors (Lipinski definition) is 1. The van der Waals surface area contributed by atoms with Gasteiger partial charge >= 0.3 is 0 Å². The maximum Gasteiger partial charge on any atom is 0.224 e. The molecule has 1 rings (SSSR count). The van der Waals surface area contributed by atoms with Gasteiger partial charge in [0.15, 0.2) is 0 Å². The van der Waals surface area contributed by atoms with Gasteiger partial charge in [-0.05, 0) is 17.7 Å². The first-order valence-corrected chi connectivity index (χ1v) is 4.52. The van der Waals surface area contributed by atoms with Crippen LogP contribution in [0.1, 0.15) is 18.9 Å². The van der Waals surface area contributed by atoms with Crippen LogP contribution in [0.15, 0.2) is 24.3 Å². The van der Waals surface area contributed by atoms with Crippen LogP contribution in [0.3, 0.4) is 0 Å². The minimum Gasteiger partial charge on any atom is -0.326 e. The summed E-state index contributed by atoms with van der Waals surface area (Å²) >= 11 is 0. The molecule has 0 aliphatic carbocycles. The number of carbonyl (C=O) groups is 1. The van der Waals surface area contributed by atoms with E-state index in [0.717, 1.165) is 11.3 Å². The molecule has 0 saturated heterocycles. The third-order valence-corrected chi connectivity index (χ3v) is 1.82. The summed E-state index contributed by atoms with van der Waals surface area (Å²) in [5.74, 6) is -0.0147. The molecule has 0 saturated carbocycles. The van der Waals surface area contributed by atoms with E-state index in [9.17, 15) is 4.79 Å². The van der Waals surface area contributed by atoms with Crippen LogP contribution in [0.25, 0.3) is 0 Å². The highest BCUT2D eigenvalue weighted by Gasteiger charge is 1.99. The van der Waals surface area contributed by atoms with E-state index in [1.807, 2.05) is 24.3 Å². The van der Waals surface area contributed by atoms with E-state index in [1.165, 1.54) is 0 Å². The fourth-order valence-corrected chi connectivity index (χ4v) is 1.10. The molecule has 0 fully saturated rings. The summed E-state index contributed by atoms with van der Waals surface area (Å²) in [6, 6.07) is 9.39. The van der Waals surface area contributed by atoms with Crippen molar-refractivity contribution < 1.29 is 4.79 Å². The molecule has 0 spiro atoms. The summed E-state index contributed by atoms with van der Waals surface area (Å²) in [6.45, 7) is 1.80. The van der Waals surface area contributed by atoms with Crippen molar-refractivity contribution in [1.82, 2.24) is 0 Å². The molecule has 1 aromatic carbocycles. The van der Waals surface area contributed by atoms with Crippen LogP contribution in [0.5, 0.6) is 0 Å². The lowest BCUT2D eigenvalue weighted by molar-refractivity contribution is -0.115. The quantitative estimate of drug-likeness (QED) is 0.789. The molecule has 0 unspecified atom stereocenters. The van der Waals surface area contributed by atoms with Crippen molar-refractivity contribution in [2.75, 3.05) is 5.32 Å². The van der Waals surface area contributed by atoms with Gasteiger partial charge in [0.2, 0.25) is 5.91 Å². The van der Waals surface area contributed by atoms with E-state index in [-0.39, 0.29) is 5.91 Å². The Morgan fingerprint density at radius 2 is 2.36 bits per heavy atom. The molecule has 0 bridgehead atoms. The number of rotatable bonds is 3. The summed E-state index contributed by atoms with van der Waals surface area (Å²) in [5.41, 5.74) is 1.67. The summed E-state index contributed by atoms with van der Waals surface area (Å²) < 4.78 is 0. The first-order valence-electron chi connectivity index (χ1n) is 4.52. The van der Waals surface area contributed by atoms with Crippen LogP contribution < -0.4 is 5.32 Å². The third-order valence-electron chi connectivity index (χ3n) is 1.82. The minimum atomic E-state index is -0.0147. The average molecular weight is 188 g/mol. The monoisotopic (exact) mass is 188 g/mol. The lowest BCUT2D eigenvalue weighted by Crippen LogP contribution is -2.09. The number of nitriles is 1. The number of amides is 1. The van der Waals surface area contributed by atoms with Gasteiger partial charge in [0.05, 0.1) is 12.5 Å². The van der Waals surface area contributed by atoms with Crippen molar-refractivity contribution in [1.29, 1.82) is 5.26 Å². The Morgan fingerprint density at radius 3 is 3.00 bits per heavy atom. The molecule has 1 aromatic rings. The largest absolute Gasteiger partial charge is 0.326 e. The Hall–Kier alpha value is -1.82. The Morgan fingerprint density at radius 1 is 1.57 bits per heavy atom. The Bertz CT molecular complexity index is 366. The van der Waals surface area contributed by atoms with Crippen LogP contribution in [0, 0.1) is 11.3 Å². The standard InChI is InChI=1S/C11H12N2O/c1-2-11(14)13-10-5-3-4-9(8-10)6-7-12/h3-5,8H,2,6H2,1H3,(H,13,14). The number of nitrogens with one attached hydrogen (secondary N) is 1. The van der Waals surface area contributed by atoms with Crippen molar-refractivity contribution in [3.63, 3.8) is 0 Å². The van der Waals surface area contributed by atoms with E-state index in [0.29, 0.717) is 12.8 Å². The fraction of sp³-hybridized carbons (Fsp3) is 0.273. The minimum absolute atomic E-state index is 0.0147. The Kier molecular flexibility index (Phi) is 3.69. The molecular weight excluding hydrogens is 176 g/mol. The summed E-state index contributed by atoms with van der Waals surface area (Å²) in [6.07, 6.45) is 0.832. The van der Waals surface area contributed by atoms with Gasteiger partial charge in [-0.3, -0.25) is 4.79 Å². The second kappa shape index (κ2) is 5.03. The van der Waals surface area contributed by atoms with Gasteiger partial charge in [0.1, 0.15) is 0 Å². The zero-order chi connectivity index (χ0) is 10.4. The second-order valence-electron chi connectivity index (χ2n) is 2.94. The second-order valence-corrected chi connectivity index (χ2v) is 2.94. The van der Waals surface area contributed by atoms with Crippen LogP contribution in [-0.4, -0.2) is 5.91 Å². The first kappa shape index (κ1) is 10.3. The number of hydrogen-bond acceptors (Lipinski definition) is 2. The molecule has 0 radical (unpaired) electrons. The third kappa shape index (κ3) is 2.91. The predicted molar refractivity (Wildman–Crippen MR) is 54.7 cm³/mol. The molecule has 0 aliphatic rings. The van der Waals surface area contributed by atoms with E-state index < -0.39 is 0 Å². The van der Waals surface area contributed by atoms with Crippen LogP contribution >= 0.6 is 0 Å². The first-order chi connectivity index (χ1) is 6.76. The molecule has 14 heavy (non-hydrogen) atoms. The van der Waals surface area contributed by atoms with Crippen LogP contribution in [-0.2, 0) is 11.2 Å². The van der Waals surface area contributed by atoms with Crippen molar-refractivity contribution in [3.8, 4) is 6.07 Å². The molecule has 0 aliphatic heterocycles. The predicted octanol–water partition coefficient (Wildman–Crippen LogP) is 2.10. The van der Waals surface area contributed by atoms with Crippen LogP contribution in [0.4, 0.5) is 5.69 Å². The number of nitrogens with zero attached hydrogens (tertiary/aromatic N) is 1. The normalized spacial score (nSPS) is 9.14. The topological polar surface area (TPSA) is 52.9 Å². The van der Waals surface area contributed by atoms with Gasteiger partial charge in [0.25, 0.3) is 0 Å². The molecule has 0 heterocycles. The number of carbonyl (C=O) groups excluding carboxylic acids is 1. The zero-order valence-electron chi connectivity index (χ0n) is 8.08. The van der Waals surface area contributed by atoms with Gasteiger partial charge in [-0.1, -0.05) is 19.1 Å². The summed E-state index contributed by atoms with van der Waals surface area (Å²) in [4.78, 5) is 11.1. The SMILES string of the molecule is CCC(=O)Nc1cccc(CC#N)c1. The maximum absolute atomic E-state index is 11.1. The highest BCUT2D eigenvalue weighted by molar-refractivity contribution is 5.90. The lowest BCUT2D eigenvalue weighted by atomic mass is 10.1. The maximum atomic E-state index is 11.1. The summed E-state index contributed by atoms with van der Waals surface area (Å²) in [5, 5.41) is 11.2. The average Bonchev–Trinajstić information content (AvgIpc) is 2.19. The summed E-state index contributed by atoms with van der Waals surface area (Å²) in [7, 11) is 0.